The lowest BCUT2D eigenvalue weighted by atomic mass is 9.99. The van der Waals surface area contributed by atoms with Crippen LogP contribution in [0.15, 0.2) is 24.3 Å². The van der Waals surface area contributed by atoms with Gasteiger partial charge >= 0.3 is 0 Å². The summed E-state index contributed by atoms with van der Waals surface area (Å²) < 4.78 is 11.1. The van der Waals surface area contributed by atoms with Gasteiger partial charge < -0.3 is 45.4 Å². The van der Waals surface area contributed by atoms with Crippen molar-refractivity contribution in [3.05, 3.63) is 24.3 Å². The number of rotatable bonds is 35. The maximum absolute atomic E-state index is 13.0. The average molecular weight is 756 g/mol. The van der Waals surface area contributed by atoms with Crippen molar-refractivity contribution in [2.75, 3.05) is 13.2 Å². The number of aliphatic hydroxyl groups is 6. The molecule has 0 radical (unpaired) electrons. The van der Waals surface area contributed by atoms with E-state index in [1.54, 1.807) is 6.08 Å². The van der Waals surface area contributed by atoms with Gasteiger partial charge in [-0.15, -0.1) is 0 Å². The Morgan fingerprint density at radius 2 is 1.09 bits per heavy atom. The van der Waals surface area contributed by atoms with Crippen LogP contribution in [-0.4, -0.2) is 98.7 Å². The molecule has 0 unspecified atom stereocenters. The molecule has 0 aromatic heterocycles. The van der Waals surface area contributed by atoms with Crippen LogP contribution in [0.3, 0.4) is 0 Å². The standard InChI is InChI=1S/C43H81NO9/c1-3-5-7-9-11-13-15-17-18-19-20-22-23-25-27-29-31-36(46)35(34-52-43-41(50)40(49)39(48)38(33-45)53-43)44-42(51)37(47)32-30-28-26-24-21-16-14-12-10-8-6-4-2/h17-18,29,31,35-41,43,45-50H,3-16,19-28,30,32-34H2,1-2H3,(H,44,51)/b18-17+,31-29+/t35-,36-,37-,38+,39-,40-,41+,43-/m0/s1. The van der Waals surface area contributed by atoms with Gasteiger partial charge in [0.25, 0.3) is 0 Å². The first-order valence-corrected chi connectivity index (χ1v) is 21.7. The molecule has 0 aromatic carbocycles. The minimum absolute atomic E-state index is 0.308. The van der Waals surface area contributed by atoms with Crippen molar-refractivity contribution in [3.8, 4) is 0 Å². The van der Waals surface area contributed by atoms with Crippen molar-refractivity contribution in [2.45, 2.75) is 230 Å². The van der Waals surface area contributed by atoms with Crippen LogP contribution >= 0.6 is 0 Å². The van der Waals surface area contributed by atoms with Gasteiger partial charge in [0, 0.05) is 0 Å². The van der Waals surface area contributed by atoms with Crippen LogP contribution < -0.4 is 5.32 Å². The molecule has 10 heteroatoms. The summed E-state index contributed by atoms with van der Waals surface area (Å²) in [5.41, 5.74) is 0. The van der Waals surface area contributed by atoms with Crippen LogP contribution in [0.25, 0.3) is 0 Å². The molecule has 10 nitrogen and oxygen atoms in total. The molecule has 8 atom stereocenters. The van der Waals surface area contributed by atoms with E-state index in [-0.39, 0.29) is 6.61 Å². The van der Waals surface area contributed by atoms with Gasteiger partial charge in [-0.3, -0.25) is 4.79 Å². The number of nitrogens with one attached hydrogen (secondary N) is 1. The van der Waals surface area contributed by atoms with E-state index in [0.29, 0.717) is 6.42 Å². The third-order valence-corrected chi connectivity index (χ3v) is 10.4. The topological polar surface area (TPSA) is 169 Å². The smallest absolute Gasteiger partial charge is 0.249 e. The SMILES string of the molecule is CCCCCCCC/C=C/CCCCCC/C=C/[C@H](O)[C@H](CO[C@H]1O[C@H](CO)[C@H](O)[C@H](O)[C@H]1O)NC(=O)[C@@H](O)CCCCCCCCCCCCCC. The largest absolute Gasteiger partial charge is 0.394 e. The van der Waals surface area contributed by atoms with Gasteiger partial charge in [-0.05, 0) is 44.9 Å². The van der Waals surface area contributed by atoms with E-state index in [1.165, 1.54) is 96.3 Å². The van der Waals surface area contributed by atoms with Crippen LogP contribution in [0.2, 0.25) is 0 Å². The number of carbonyl (C=O) groups excluding carboxylic acids is 1. The molecule has 1 aliphatic heterocycles. The van der Waals surface area contributed by atoms with Crippen LogP contribution in [-0.2, 0) is 14.3 Å². The molecule has 0 spiro atoms. The molecule has 53 heavy (non-hydrogen) atoms. The highest BCUT2D eigenvalue weighted by Crippen LogP contribution is 2.22. The summed E-state index contributed by atoms with van der Waals surface area (Å²) in [5, 5.41) is 64.5. The molecule has 312 valence electrons. The van der Waals surface area contributed by atoms with Gasteiger partial charge in [0.05, 0.1) is 25.4 Å². The van der Waals surface area contributed by atoms with Crippen LogP contribution in [0.5, 0.6) is 0 Å². The van der Waals surface area contributed by atoms with Crippen LogP contribution in [0.1, 0.15) is 181 Å². The van der Waals surface area contributed by atoms with Crippen molar-refractivity contribution in [1.82, 2.24) is 5.32 Å². The minimum Gasteiger partial charge on any atom is -0.394 e. The van der Waals surface area contributed by atoms with E-state index in [1.807, 2.05) is 6.08 Å². The van der Waals surface area contributed by atoms with Gasteiger partial charge in [0.15, 0.2) is 6.29 Å². The summed E-state index contributed by atoms with van der Waals surface area (Å²) in [7, 11) is 0. The van der Waals surface area contributed by atoms with Crippen molar-refractivity contribution in [2.24, 2.45) is 0 Å². The van der Waals surface area contributed by atoms with Crippen LogP contribution in [0.4, 0.5) is 0 Å². The molecule has 1 aliphatic rings. The predicted molar refractivity (Wildman–Crippen MR) is 213 cm³/mol. The Bertz CT molecular complexity index is 901. The molecule has 0 aromatic rings. The summed E-state index contributed by atoms with van der Waals surface area (Å²) in [6.07, 6.45) is 28.3. The predicted octanol–water partition coefficient (Wildman–Crippen LogP) is 7.30. The summed E-state index contributed by atoms with van der Waals surface area (Å²) in [6.45, 7) is 3.57. The lowest BCUT2D eigenvalue weighted by Crippen LogP contribution is -2.60. The van der Waals surface area contributed by atoms with E-state index in [9.17, 15) is 35.4 Å². The zero-order chi connectivity index (χ0) is 38.9. The second-order valence-electron chi connectivity index (χ2n) is 15.3. The number of carbonyl (C=O) groups is 1. The Hall–Kier alpha value is -1.37. The van der Waals surface area contributed by atoms with Gasteiger partial charge in [-0.25, -0.2) is 0 Å². The average Bonchev–Trinajstić information content (AvgIpc) is 3.16. The molecule has 1 saturated heterocycles. The first-order valence-electron chi connectivity index (χ1n) is 21.7. The number of hydrogen-bond acceptors (Lipinski definition) is 9. The van der Waals surface area contributed by atoms with Crippen molar-refractivity contribution < 1.29 is 44.9 Å². The third-order valence-electron chi connectivity index (χ3n) is 10.4. The van der Waals surface area contributed by atoms with Gasteiger partial charge in [0.2, 0.25) is 5.91 Å². The zero-order valence-corrected chi connectivity index (χ0v) is 33.6. The Morgan fingerprint density at radius 3 is 1.58 bits per heavy atom. The monoisotopic (exact) mass is 756 g/mol. The Labute approximate surface area is 322 Å². The third kappa shape index (κ3) is 24.7. The summed E-state index contributed by atoms with van der Waals surface area (Å²) in [6, 6.07) is -0.981. The zero-order valence-electron chi connectivity index (χ0n) is 33.6. The minimum atomic E-state index is -1.61. The van der Waals surface area contributed by atoms with E-state index in [2.05, 4.69) is 31.3 Å². The van der Waals surface area contributed by atoms with Crippen molar-refractivity contribution >= 4 is 5.91 Å². The van der Waals surface area contributed by atoms with Crippen molar-refractivity contribution in [1.29, 1.82) is 0 Å². The normalized spacial score (nSPS) is 22.5. The van der Waals surface area contributed by atoms with E-state index >= 15 is 0 Å². The first kappa shape index (κ1) is 49.6. The highest BCUT2D eigenvalue weighted by atomic mass is 16.7. The molecule has 1 fully saturated rings. The Morgan fingerprint density at radius 1 is 0.642 bits per heavy atom. The number of ether oxygens (including phenoxy) is 2. The van der Waals surface area contributed by atoms with Crippen LogP contribution in [0, 0.1) is 0 Å². The highest BCUT2D eigenvalue weighted by Gasteiger charge is 2.44. The van der Waals surface area contributed by atoms with E-state index < -0.39 is 61.5 Å². The first-order chi connectivity index (χ1) is 25.8. The lowest BCUT2D eigenvalue weighted by Gasteiger charge is -2.40. The molecule has 1 amide bonds. The molecule has 1 heterocycles. The number of aliphatic hydroxyl groups excluding tert-OH is 6. The van der Waals surface area contributed by atoms with E-state index in [4.69, 9.17) is 9.47 Å². The number of allylic oxidation sites excluding steroid dienone is 3. The van der Waals surface area contributed by atoms with Crippen molar-refractivity contribution in [3.63, 3.8) is 0 Å². The lowest BCUT2D eigenvalue weighted by molar-refractivity contribution is -0.302. The van der Waals surface area contributed by atoms with E-state index in [0.717, 1.165) is 64.2 Å². The highest BCUT2D eigenvalue weighted by molar-refractivity contribution is 5.80. The molecule has 7 N–H and O–H groups in total. The summed E-state index contributed by atoms with van der Waals surface area (Å²) >= 11 is 0. The molecule has 0 aliphatic carbocycles. The second kappa shape index (κ2) is 33.9. The molecule has 0 bridgehead atoms. The summed E-state index contributed by atoms with van der Waals surface area (Å²) in [5.74, 6) is -0.621. The Balaban J connectivity index is 2.48. The van der Waals surface area contributed by atoms with Gasteiger partial charge in [-0.2, -0.15) is 0 Å². The maximum Gasteiger partial charge on any atom is 0.249 e. The number of hydrogen-bond donors (Lipinski definition) is 7. The molecular formula is C43H81NO9. The fourth-order valence-electron chi connectivity index (χ4n) is 6.74. The van der Waals surface area contributed by atoms with Gasteiger partial charge in [-0.1, -0.05) is 160 Å². The molecule has 1 rings (SSSR count). The number of amides is 1. The maximum atomic E-state index is 13.0. The molecule has 0 saturated carbocycles. The van der Waals surface area contributed by atoms with Gasteiger partial charge in [0.1, 0.15) is 30.5 Å². The fraction of sp³-hybridized carbons (Fsp3) is 0.884. The second-order valence-corrected chi connectivity index (χ2v) is 15.3. The number of unbranched alkanes of at least 4 members (excludes halogenated alkanes) is 22. The molecular weight excluding hydrogens is 674 g/mol. The Kier molecular flexibility index (Phi) is 31.8. The summed E-state index contributed by atoms with van der Waals surface area (Å²) in [4.78, 5) is 13.0. The fourth-order valence-corrected chi connectivity index (χ4v) is 6.74. The quantitative estimate of drug-likeness (QED) is 0.0259.